The number of rotatable bonds is 2. The van der Waals surface area contributed by atoms with E-state index < -0.39 is 0 Å². The maximum Gasteiger partial charge on any atom is 0.124 e. The van der Waals surface area contributed by atoms with Crippen LogP contribution in [0.1, 0.15) is 5.56 Å². The minimum atomic E-state index is 0.376. The predicted molar refractivity (Wildman–Crippen MR) is 53.6 cm³/mol. The van der Waals surface area contributed by atoms with Gasteiger partial charge in [0.2, 0.25) is 0 Å². The Kier molecular flexibility index (Phi) is 3.38. The highest BCUT2D eigenvalue weighted by Gasteiger charge is 2.08. The summed E-state index contributed by atoms with van der Waals surface area (Å²) in [6.45, 7) is 0.376. The molecular weight excluding hydrogens is 241 g/mol. The van der Waals surface area contributed by atoms with Crippen molar-refractivity contribution in [2.45, 2.75) is 6.54 Å². The normalized spacial score (nSPS) is 10.0. The van der Waals surface area contributed by atoms with E-state index >= 15 is 0 Å². The van der Waals surface area contributed by atoms with Gasteiger partial charge in [0.05, 0.1) is 12.1 Å². The van der Waals surface area contributed by atoms with Crippen molar-refractivity contribution >= 4 is 27.5 Å². The van der Waals surface area contributed by atoms with Crippen molar-refractivity contribution in [2.75, 3.05) is 7.11 Å². The Bertz CT molecular complexity index is 291. The molecule has 1 rings (SSSR count). The maximum absolute atomic E-state index is 5.97. The van der Waals surface area contributed by atoms with Gasteiger partial charge in [0.15, 0.2) is 0 Å². The summed E-state index contributed by atoms with van der Waals surface area (Å²) in [5.74, 6) is 0.728. The number of hydrogen-bond donors (Lipinski definition) is 1. The molecule has 0 unspecified atom stereocenters. The summed E-state index contributed by atoms with van der Waals surface area (Å²) in [5.41, 5.74) is 6.34. The average Bonchev–Trinajstić information content (AvgIpc) is 2.09. The highest BCUT2D eigenvalue weighted by atomic mass is 79.9. The zero-order valence-electron chi connectivity index (χ0n) is 6.60. The molecule has 0 aliphatic heterocycles. The van der Waals surface area contributed by atoms with Crippen molar-refractivity contribution in [1.82, 2.24) is 0 Å². The molecule has 1 aromatic carbocycles. The van der Waals surface area contributed by atoms with Gasteiger partial charge < -0.3 is 10.5 Å². The third-order valence-corrected chi connectivity index (χ3v) is 2.90. The van der Waals surface area contributed by atoms with Gasteiger partial charge in [-0.1, -0.05) is 11.6 Å². The zero-order valence-corrected chi connectivity index (χ0v) is 8.95. The summed E-state index contributed by atoms with van der Waals surface area (Å²) >= 11 is 9.28. The third-order valence-electron chi connectivity index (χ3n) is 1.58. The number of ether oxygens (including phenoxy) is 1. The fourth-order valence-electron chi connectivity index (χ4n) is 0.956. The molecule has 0 bridgehead atoms. The number of benzene rings is 1. The van der Waals surface area contributed by atoms with Gasteiger partial charge in [-0.2, -0.15) is 0 Å². The second kappa shape index (κ2) is 4.12. The van der Waals surface area contributed by atoms with Crippen LogP contribution in [0.3, 0.4) is 0 Å². The van der Waals surface area contributed by atoms with Crippen LogP contribution in [0, 0.1) is 0 Å². The molecule has 2 N–H and O–H groups in total. The molecule has 1 aromatic rings. The molecule has 66 valence electrons. The predicted octanol–water partition coefficient (Wildman–Crippen LogP) is 2.57. The minimum Gasteiger partial charge on any atom is -0.496 e. The van der Waals surface area contributed by atoms with E-state index in [1.807, 2.05) is 12.1 Å². The lowest BCUT2D eigenvalue weighted by Crippen LogP contribution is -2.00. The smallest absolute Gasteiger partial charge is 0.124 e. The second-order valence-corrected chi connectivity index (χ2v) is 3.48. The van der Waals surface area contributed by atoms with E-state index in [2.05, 4.69) is 15.9 Å². The number of halogens is 2. The number of methoxy groups -OCH3 is 1. The average molecular weight is 251 g/mol. The molecule has 0 radical (unpaired) electrons. The van der Waals surface area contributed by atoms with Gasteiger partial charge in [0, 0.05) is 16.6 Å². The molecule has 0 amide bonds. The maximum atomic E-state index is 5.97. The topological polar surface area (TPSA) is 35.2 Å². The third kappa shape index (κ3) is 1.73. The molecule has 4 heteroatoms. The van der Waals surface area contributed by atoms with Crippen LogP contribution in [0.5, 0.6) is 5.75 Å². The monoisotopic (exact) mass is 249 g/mol. The van der Waals surface area contributed by atoms with Gasteiger partial charge in [-0.15, -0.1) is 0 Å². The van der Waals surface area contributed by atoms with Crippen molar-refractivity contribution in [3.63, 3.8) is 0 Å². The van der Waals surface area contributed by atoms with E-state index in [4.69, 9.17) is 22.1 Å². The summed E-state index contributed by atoms with van der Waals surface area (Å²) in [5, 5.41) is 0.622. The van der Waals surface area contributed by atoms with Crippen LogP contribution in [0.15, 0.2) is 16.6 Å². The Labute approximate surface area is 84.8 Å². The highest BCUT2D eigenvalue weighted by molar-refractivity contribution is 9.10. The van der Waals surface area contributed by atoms with Crippen molar-refractivity contribution in [2.24, 2.45) is 5.73 Å². The Hall–Kier alpha value is -0.250. The lowest BCUT2D eigenvalue weighted by molar-refractivity contribution is 0.410. The zero-order chi connectivity index (χ0) is 9.14. The largest absolute Gasteiger partial charge is 0.496 e. The molecule has 12 heavy (non-hydrogen) atoms. The van der Waals surface area contributed by atoms with E-state index in [1.54, 1.807) is 7.11 Å². The molecule has 0 aliphatic carbocycles. The molecule has 0 aromatic heterocycles. The standard InChI is InChI=1S/C8H9BrClNO/c1-12-7-3-2-6(9)8(10)5(7)4-11/h2-3H,4,11H2,1H3. The Morgan fingerprint density at radius 3 is 2.75 bits per heavy atom. The van der Waals surface area contributed by atoms with Crippen LogP contribution in [0.25, 0.3) is 0 Å². The Balaban J connectivity index is 3.25. The first kappa shape index (κ1) is 9.84. The van der Waals surface area contributed by atoms with E-state index in [0.717, 1.165) is 15.8 Å². The SMILES string of the molecule is COc1ccc(Br)c(Cl)c1CN. The van der Waals surface area contributed by atoms with Gasteiger partial charge in [-0.25, -0.2) is 0 Å². The van der Waals surface area contributed by atoms with Crippen LogP contribution in [-0.2, 0) is 6.54 Å². The van der Waals surface area contributed by atoms with Gasteiger partial charge >= 0.3 is 0 Å². The molecule has 0 saturated heterocycles. The van der Waals surface area contributed by atoms with Crippen LogP contribution in [0.4, 0.5) is 0 Å². The van der Waals surface area contributed by atoms with Crippen molar-refractivity contribution in [3.05, 3.63) is 27.2 Å². The molecule has 0 aliphatic rings. The number of hydrogen-bond acceptors (Lipinski definition) is 2. The fraction of sp³-hybridized carbons (Fsp3) is 0.250. The van der Waals surface area contributed by atoms with Crippen LogP contribution in [0.2, 0.25) is 5.02 Å². The lowest BCUT2D eigenvalue weighted by atomic mass is 10.2. The van der Waals surface area contributed by atoms with Gasteiger partial charge in [0.25, 0.3) is 0 Å². The minimum absolute atomic E-state index is 0.376. The summed E-state index contributed by atoms with van der Waals surface area (Å²) in [4.78, 5) is 0. The van der Waals surface area contributed by atoms with Gasteiger partial charge in [-0.3, -0.25) is 0 Å². The van der Waals surface area contributed by atoms with E-state index in [1.165, 1.54) is 0 Å². The summed E-state index contributed by atoms with van der Waals surface area (Å²) in [7, 11) is 1.60. The second-order valence-electron chi connectivity index (χ2n) is 2.25. The molecule has 2 nitrogen and oxygen atoms in total. The van der Waals surface area contributed by atoms with Crippen LogP contribution < -0.4 is 10.5 Å². The molecule has 0 atom stereocenters. The first-order valence-electron chi connectivity index (χ1n) is 3.41. The van der Waals surface area contributed by atoms with Crippen LogP contribution >= 0.6 is 27.5 Å². The fourth-order valence-corrected chi connectivity index (χ4v) is 1.56. The van der Waals surface area contributed by atoms with E-state index in [9.17, 15) is 0 Å². The first-order chi connectivity index (χ1) is 5.70. The number of nitrogens with two attached hydrogens (primary N) is 1. The first-order valence-corrected chi connectivity index (χ1v) is 4.58. The van der Waals surface area contributed by atoms with E-state index in [-0.39, 0.29) is 0 Å². The quantitative estimate of drug-likeness (QED) is 0.875. The molecule has 0 fully saturated rings. The molecule has 0 heterocycles. The Morgan fingerprint density at radius 1 is 1.58 bits per heavy atom. The lowest BCUT2D eigenvalue weighted by Gasteiger charge is -2.09. The summed E-state index contributed by atoms with van der Waals surface area (Å²) in [6, 6.07) is 3.67. The van der Waals surface area contributed by atoms with Crippen molar-refractivity contribution in [1.29, 1.82) is 0 Å². The van der Waals surface area contributed by atoms with Gasteiger partial charge in [0.1, 0.15) is 5.75 Å². The van der Waals surface area contributed by atoms with Crippen molar-refractivity contribution < 1.29 is 4.74 Å². The Morgan fingerprint density at radius 2 is 2.25 bits per heavy atom. The molecule has 0 saturated carbocycles. The summed E-state index contributed by atoms with van der Waals surface area (Å²) in [6.07, 6.45) is 0. The molecular formula is C8H9BrClNO. The van der Waals surface area contributed by atoms with Crippen LogP contribution in [-0.4, -0.2) is 7.11 Å². The van der Waals surface area contributed by atoms with E-state index in [0.29, 0.717) is 11.6 Å². The van der Waals surface area contributed by atoms with Gasteiger partial charge in [-0.05, 0) is 28.1 Å². The highest BCUT2D eigenvalue weighted by Crippen LogP contribution is 2.32. The summed E-state index contributed by atoms with van der Waals surface area (Å²) < 4.78 is 5.93. The van der Waals surface area contributed by atoms with Crippen molar-refractivity contribution in [3.8, 4) is 5.75 Å². The molecule has 0 spiro atoms.